The molecule has 0 saturated heterocycles. The van der Waals surface area contributed by atoms with Crippen LogP contribution in [0, 0.1) is 0 Å². The van der Waals surface area contributed by atoms with Gasteiger partial charge in [-0.2, -0.15) is 0 Å². The number of aromatic nitrogens is 3. The van der Waals surface area contributed by atoms with Crippen molar-refractivity contribution >= 4 is 43.5 Å². The summed E-state index contributed by atoms with van der Waals surface area (Å²) in [6.07, 6.45) is 3.28. The predicted molar refractivity (Wildman–Crippen MR) is 64.3 cm³/mol. The standard InChI is InChI=1S/C9H7Br2N3O2/c1-2-16-9(15)7-8(11)14-4-5(10)12-3-6(14)13-7/h3-4H,2H2,1H3. The van der Waals surface area contributed by atoms with E-state index in [9.17, 15) is 4.79 Å². The van der Waals surface area contributed by atoms with E-state index in [2.05, 4.69) is 41.8 Å². The van der Waals surface area contributed by atoms with Crippen LogP contribution in [0.5, 0.6) is 0 Å². The molecule has 2 aromatic heterocycles. The van der Waals surface area contributed by atoms with Crippen LogP contribution in [0.4, 0.5) is 0 Å². The summed E-state index contributed by atoms with van der Waals surface area (Å²) in [5.74, 6) is -0.450. The molecule has 0 aromatic carbocycles. The quantitative estimate of drug-likeness (QED) is 0.782. The van der Waals surface area contributed by atoms with E-state index in [-0.39, 0.29) is 5.69 Å². The van der Waals surface area contributed by atoms with Gasteiger partial charge in [0, 0.05) is 6.20 Å². The summed E-state index contributed by atoms with van der Waals surface area (Å²) >= 11 is 6.55. The van der Waals surface area contributed by atoms with Crippen LogP contribution in [-0.4, -0.2) is 26.9 Å². The zero-order chi connectivity index (χ0) is 11.7. The van der Waals surface area contributed by atoms with Gasteiger partial charge < -0.3 is 4.74 Å². The average Bonchev–Trinajstić information content (AvgIpc) is 2.57. The van der Waals surface area contributed by atoms with E-state index in [1.807, 2.05) is 0 Å². The summed E-state index contributed by atoms with van der Waals surface area (Å²) in [7, 11) is 0. The number of hydrogen-bond donors (Lipinski definition) is 0. The third-order valence-corrected chi connectivity index (χ3v) is 3.05. The van der Waals surface area contributed by atoms with Crippen LogP contribution >= 0.6 is 31.9 Å². The van der Waals surface area contributed by atoms with Gasteiger partial charge >= 0.3 is 5.97 Å². The molecule has 5 nitrogen and oxygen atoms in total. The van der Waals surface area contributed by atoms with E-state index in [1.54, 1.807) is 23.7 Å². The van der Waals surface area contributed by atoms with E-state index < -0.39 is 5.97 Å². The summed E-state index contributed by atoms with van der Waals surface area (Å²) < 4.78 is 7.82. The van der Waals surface area contributed by atoms with E-state index in [4.69, 9.17) is 4.74 Å². The molecule has 0 amide bonds. The Morgan fingerprint density at radius 1 is 1.56 bits per heavy atom. The van der Waals surface area contributed by atoms with Gasteiger partial charge in [0.2, 0.25) is 0 Å². The molecule has 0 bridgehead atoms. The van der Waals surface area contributed by atoms with E-state index >= 15 is 0 Å². The van der Waals surface area contributed by atoms with Gasteiger partial charge in [-0.15, -0.1) is 0 Å². The first-order valence-electron chi connectivity index (χ1n) is 4.49. The number of fused-ring (bicyclic) bond motifs is 1. The fourth-order valence-electron chi connectivity index (χ4n) is 1.23. The number of hydrogen-bond acceptors (Lipinski definition) is 4. The smallest absolute Gasteiger partial charge is 0.359 e. The second-order valence-electron chi connectivity index (χ2n) is 2.91. The van der Waals surface area contributed by atoms with Gasteiger partial charge in [0.15, 0.2) is 11.3 Å². The van der Waals surface area contributed by atoms with Gasteiger partial charge in [0.05, 0.1) is 12.8 Å². The number of halogens is 2. The van der Waals surface area contributed by atoms with Crippen molar-refractivity contribution in [1.82, 2.24) is 14.4 Å². The van der Waals surface area contributed by atoms with Crippen LogP contribution in [0.3, 0.4) is 0 Å². The monoisotopic (exact) mass is 347 g/mol. The zero-order valence-corrected chi connectivity index (χ0v) is 11.4. The molecule has 2 rings (SSSR count). The van der Waals surface area contributed by atoms with Crippen LogP contribution in [0.15, 0.2) is 21.6 Å². The maximum absolute atomic E-state index is 11.6. The Hall–Kier alpha value is -0.950. The molecule has 0 N–H and O–H groups in total. The molecule has 2 aromatic rings. The van der Waals surface area contributed by atoms with Crippen molar-refractivity contribution in [2.24, 2.45) is 0 Å². The average molecular weight is 349 g/mol. The molecule has 0 aliphatic rings. The Morgan fingerprint density at radius 3 is 3.00 bits per heavy atom. The van der Waals surface area contributed by atoms with E-state index in [0.717, 1.165) is 0 Å². The van der Waals surface area contributed by atoms with Crippen molar-refractivity contribution in [3.05, 3.63) is 27.3 Å². The van der Waals surface area contributed by atoms with Crippen LogP contribution < -0.4 is 0 Å². The number of carbonyl (C=O) groups excluding carboxylic acids is 1. The van der Waals surface area contributed by atoms with Crippen molar-refractivity contribution in [3.63, 3.8) is 0 Å². The first-order valence-corrected chi connectivity index (χ1v) is 6.08. The Kier molecular flexibility index (Phi) is 3.25. The summed E-state index contributed by atoms with van der Waals surface area (Å²) in [5.41, 5.74) is 0.833. The Bertz CT molecular complexity index is 553. The minimum atomic E-state index is -0.450. The molecule has 0 spiro atoms. The minimum absolute atomic E-state index is 0.252. The Morgan fingerprint density at radius 2 is 2.31 bits per heavy atom. The molecule has 0 fully saturated rings. The SMILES string of the molecule is CCOC(=O)c1nc2cnc(Br)cn2c1Br. The van der Waals surface area contributed by atoms with Crippen LogP contribution in [-0.2, 0) is 4.74 Å². The molecule has 0 saturated carbocycles. The van der Waals surface area contributed by atoms with Crippen molar-refractivity contribution in [1.29, 1.82) is 0 Å². The molecule has 16 heavy (non-hydrogen) atoms. The maximum Gasteiger partial charge on any atom is 0.359 e. The van der Waals surface area contributed by atoms with Gasteiger partial charge in [-0.1, -0.05) is 0 Å². The molecule has 0 radical (unpaired) electrons. The van der Waals surface area contributed by atoms with Gasteiger partial charge in [-0.05, 0) is 38.8 Å². The maximum atomic E-state index is 11.6. The molecule has 7 heteroatoms. The second-order valence-corrected chi connectivity index (χ2v) is 4.47. The molecular formula is C9H7Br2N3O2. The van der Waals surface area contributed by atoms with Gasteiger partial charge in [0.1, 0.15) is 9.21 Å². The predicted octanol–water partition coefficient (Wildman–Crippen LogP) is 2.43. The highest BCUT2D eigenvalue weighted by atomic mass is 79.9. The highest BCUT2D eigenvalue weighted by molar-refractivity contribution is 9.10. The molecule has 84 valence electrons. The molecule has 0 aliphatic heterocycles. The number of imidazole rings is 1. The van der Waals surface area contributed by atoms with Crippen molar-refractivity contribution in [2.45, 2.75) is 6.92 Å². The van der Waals surface area contributed by atoms with Gasteiger partial charge in [0.25, 0.3) is 0 Å². The van der Waals surface area contributed by atoms with E-state index in [0.29, 0.717) is 21.5 Å². The molecule has 0 atom stereocenters. The molecular weight excluding hydrogens is 342 g/mol. The van der Waals surface area contributed by atoms with Crippen molar-refractivity contribution < 1.29 is 9.53 Å². The Labute approximate surface area is 108 Å². The number of ether oxygens (including phenoxy) is 1. The lowest BCUT2D eigenvalue weighted by Gasteiger charge is -1.98. The molecule has 0 aliphatic carbocycles. The highest BCUT2D eigenvalue weighted by Crippen LogP contribution is 2.20. The zero-order valence-electron chi connectivity index (χ0n) is 8.28. The Balaban J connectivity index is 2.56. The summed E-state index contributed by atoms with van der Waals surface area (Å²) in [5, 5.41) is 0. The third-order valence-electron chi connectivity index (χ3n) is 1.89. The lowest BCUT2D eigenvalue weighted by atomic mass is 10.5. The van der Waals surface area contributed by atoms with Gasteiger partial charge in [-0.25, -0.2) is 14.8 Å². The number of carbonyl (C=O) groups is 1. The number of esters is 1. The lowest BCUT2D eigenvalue weighted by Crippen LogP contribution is -2.05. The normalized spacial score (nSPS) is 10.7. The highest BCUT2D eigenvalue weighted by Gasteiger charge is 2.18. The molecule has 0 unspecified atom stereocenters. The first-order chi connectivity index (χ1) is 7.63. The van der Waals surface area contributed by atoms with Crippen LogP contribution in [0.25, 0.3) is 5.65 Å². The minimum Gasteiger partial charge on any atom is -0.461 e. The van der Waals surface area contributed by atoms with Crippen LogP contribution in [0.1, 0.15) is 17.4 Å². The number of nitrogens with zero attached hydrogens (tertiary/aromatic N) is 3. The van der Waals surface area contributed by atoms with Crippen molar-refractivity contribution in [2.75, 3.05) is 6.61 Å². The lowest BCUT2D eigenvalue weighted by molar-refractivity contribution is 0.0519. The van der Waals surface area contributed by atoms with Crippen LogP contribution in [0.2, 0.25) is 0 Å². The number of rotatable bonds is 2. The molecule has 2 heterocycles. The third kappa shape index (κ3) is 1.97. The van der Waals surface area contributed by atoms with Gasteiger partial charge in [-0.3, -0.25) is 4.40 Å². The summed E-state index contributed by atoms with van der Waals surface area (Å²) in [4.78, 5) is 19.7. The topological polar surface area (TPSA) is 56.5 Å². The summed E-state index contributed by atoms with van der Waals surface area (Å²) in [6.45, 7) is 2.07. The second kappa shape index (κ2) is 4.50. The fraction of sp³-hybridized carbons (Fsp3) is 0.222. The van der Waals surface area contributed by atoms with Crippen molar-refractivity contribution in [3.8, 4) is 0 Å². The fourth-order valence-corrected chi connectivity index (χ4v) is 2.07. The van der Waals surface area contributed by atoms with E-state index in [1.165, 1.54) is 0 Å². The summed E-state index contributed by atoms with van der Waals surface area (Å²) in [6, 6.07) is 0. The first kappa shape index (κ1) is 11.5. The largest absolute Gasteiger partial charge is 0.461 e.